The molecule has 144 valence electrons. The summed E-state index contributed by atoms with van der Waals surface area (Å²) >= 11 is 0. The van der Waals surface area contributed by atoms with Gasteiger partial charge in [0.2, 0.25) is 0 Å². The van der Waals surface area contributed by atoms with E-state index in [1.807, 2.05) is 30.3 Å². The lowest BCUT2D eigenvalue weighted by Crippen LogP contribution is -2.47. The highest BCUT2D eigenvalue weighted by atomic mass is 32.2. The number of benzene rings is 3. The zero-order chi connectivity index (χ0) is 19.9. The van der Waals surface area contributed by atoms with E-state index < -0.39 is 18.4 Å². The van der Waals surface area contributed by atoms with Crippen LogP contribution >= 0.6 is 10.5 Å². The second-order valence-electron chi connectivity index (χ2n) is 6.83. The van der Waals surface area contributed by atoms with Gasteiger partial charge in [0.25, 0.3) is 0 Å². The highest BCUT2D eigenvalue weighted by Gasteiger charge is 2.50. The van der Waals surface area contributed by atoms with Crippen LogP contribution in [0.3, 0.4) is 0 Å². The largest absolute Gasteiger partial charge is 0.490 e. The number of alkyl halides is 3. The van der Waals surface area contributed by atoms with Crippen LogP contribution in [-0.4, -0.2) is 23.5 Å². The number of halogens is 3. The molecule has 1 heterocycles. The summed E-state index contributed by atoms with van der Waals surface area (Å²) in [5.74, 6) is 0.302. The molecule has 4 rings (SSSR count). The van der Waals surface area contributed by atoms with Crippen LogP contribution in [0.1, 0.15) is 6.92 Å². The summed E-state index contributed by atoms with van der Waals surface area (Å²) in [6.45, 7) is -0.150. The summed E-state index contributed by atoms with van der Waals surface area (Å²) in [5.41, 5.74) is -2.90. The summed E-state index contributed by atoms with van der Waals surface area (Å²) in [5, 5.41) is 12.0. The summed E-state index contributed by atoms with van der Waals surface area (Å²) in [6.07, 6.45) is -4.75. The second-order valence-corrected chi connectivity index (χ2v) is 8.80. The normalized spacial score (nSPS) is 14.3. The van der Waals surface area contributed by atoms with Crippen LogP contribution in [0, 0.1) is 0 Å². The number of hydrogen-bond donors (Lipinski definition) is 1. The highest BCUT2D eigenvalue weighted by Crippen LogP contribution is 2.48. The Morgan fingerprint density at radius 3 is 2.00 bits per heavy atom. The predicted octanol–water partition coefficient (Wildman–Crippen LogP) is 6.42. The molecule has 0 amide bonds. The molecule has 1 atom stereocenters. The van der Waals surface area contributed by atoms with Gasteiger partial charge in [0.1, 0.15) is 12.4 Å². The number of aliphatic hydroxyl groups is 1. The topological polar surface area (TPSA) is 29.5 Å². The minimum absolute atomic E-state index is 0.302. The molecule has 0 aliphatic heterocycles. The molecule has 0 spiro atoms. The van der Waals surface area contributed by atoms with Crippen LogP contribution in [0.2, 0.25) is 0 Å². The quantitative estimate of drug-likeness (QED) is 0.398. The molecule has 0 radical (unpaired) electrons. The van der Waals surface area contributed by atoms with Crippen LogP contribution in [0.25, 0.3) is 25.1 Å². The van der Waals surface area contributed by atoms with E-state index in [2.05, 4.69) is 24.3 Å². The van der Waals surface area contributed by atoms with Crippen molar-refractivity contribution in [2.24, 2.45) is 0 Å². The van der Waals surface area contributed by atoms with Crippen molar-refractivity contribution in [3.63, 3.8) is 0 Å². The summed E-state index contributed by atoms with van der Waals surface area (Å²) in [7, 11) is -0.357. The molecule has 0 saturated carbocycles. The first kappa shape index (κ1) is 18.8. The molecule has 6 heteroatoms. The Morgan fingerprint density at radius 1 is 0.857 bits per heavy atom. The zero-order valence-electron chi connectivity index (χ0n) is 15.0. The van der Waals surface area contributed by atoms with Crippen molar-refractivity contribution in [3.05, 3.63) is 72.8 Å². The van der Waals surface area contributed by atoms with Gasteiger partial charge in [0, 0.05) is 27.3 Å². The standard InChI is InChI=1S/C22H18F3O2S/c1-21(26,22(23,24)25)14-27-15-7-6-8-16(13-15)28-19-11-4-2-9-17(19)18-10-3-5-12-20(18)28/h2-13,26H,14H2,1H3/q+1. The van der Waals surface area contributed by atoms with E-state index in [1.54, 1.807) is 18.2 Å². The molecule has 28 heavy (non-hydrogen) atoms. The summed E-state index contributed by atoms with van der Waals surface area (Å²) < 4.78 is 46.3. The highest BCUT2D eigenvalue weighted by molar-refractivity contribution is 7.50. The van der Waals surface area contributed by atoms with E-state index in [4.69, 9.17) is 4.74 Å². The Kier molecular flexibility index (Phi) is 4.56. The van der Waals surface area contributed by atoms with Gasteiger partial charge in [-0.15, -0.1) is 0 Å². The zero-order valence-corrected chi connectivity index (χ0v) is 15.8. The van der Waals surface area contributed by atoms with Crippen LogP contribution in [-0.2, 0) is 0 Å². The first-order chi connectivity index (χ1) is 13.3. The summed E-state index contributed by atoms with van der Waals surface area (Å²) in [6, 6.07) is 23.4. The minimum Gasteiger partial charge on any atom is -0.490 e. The van der Waals surface area contributed by atoms with Crippen molar-refractivity contribution >= 4 is 30.6 Å². The van der Waals surface area contributed by atoms with Crippen molar-refractivity contribution in [2.45, 2.75) is 18.7 Å². The van der Waals surface area contributed by atoms with Gasteiger partial charge in [-0.1, -0.05) is 30.3 Å². The monoisotopic (exact) mass is 403 g/mol. The first-order valence-electron chi connectivity index (χ1n) is 8.73. The molecule has 3 aromatic carbocycles. The van der Waals surface area contributed by atoms with Gasteiger partial charge >= 0.3 is 6.18 Å². The fourth-order valence-electron chi connectivity index (χ4n) is 3.10. The van der Waals surface area contributed by atoms with Gasteiger partial charge in [0.05, 0.1) is 0 Å². The lowest BCUT2D eigenvalue weighted by Gasteiger charge is -2.25. The number of thiophene rings is 1. The summed E-state index contributed by atoms with van der Waals surface area (Å²) in [4.78, 5) is 0.960. The van der Waals surface area contributed by atoms with E-state index in [-0.39, 0.29) is 10.5 Å². The van der Waals surface area contributed by atoms with Crippen LogP contribution in [0.4, 0.5) is 13.2 Å². The van der Waals surface area contributed by atoms with Gasteiger partial charge in [-0.2, -0.15) is 13.2 Å². The molecule has 0 saturated heterocycles. The Morgan fingerprint density at radius 2 is 1.43 bits per heavy atom. The van der Waals surface area contributed by atoms with Crippen molar-refractivity contribution in [2.75, 3.05) is 6.61 Å². The van der Waals surface area contributed by atoms with E-state index in [0.717, 1.165) is 4.90 Å². The van der Waals surface area contributed by atoms with Gasteiger partial charge in [-0.05, 0) is 43.3 Å². The Labute approximate surface area is 162 Å². The second kappa shape index (κ2) is 6.79. The molecule has 0 aliphatic rings. The fourth-order valence-corrected chi connectivity index (χ4v) is 5.52. The fraction of sp³-hybridized carbons (Fsp3) is 0.182. The van der Waals surface area contributed by atoms with E-state index in [9.17, 15) is 18.3 Å². The van der Waals surface area contributed by atoms with E-state index >= 15 is 0 Å². The van der Waals surface area contributed by atoms with Gasteiger partial charge in [0.15, 0.2) is 19.9 Å². The molecule has 4 aromatic rings. The lowest BCUT2D eigenvalue weighted by molar-refractivity contribution is -0.260. The van der Waals surface area contributed by atoms with Gasteiger partial charge in [-0.3, -0.25) is 0 Å². The Balaban J connectivity index is 1.76. The number of ether oxygens (including phenoxy) is 1. The molecule has 1 aromatic heterocycles. The maximum absolute atomic E-state index is 12.9. The Bertz CT molecular complexity index is 1090. The molecule has 0 aliphatic carbocycles. The number of fused-ring (bicyclic) bond motifs is 3. The van der Waals surface area contributed by atoms with Crippen molar-refractivity contribution in [1.29, 1.82) is 0 Å². The van der Waals surface area contributed by atoms with Crippen molar-refractivity contribution in [3.8, 4) is 10.6 Å². The average Bonchev–Trinajstić information content (AvgIpc) is 3.00. The third-order valence-corrected chi connectivity index (χ3v) is 6.99. The third-order valence-electron chi connectivity index (χ3n) is 4.68. The Hall–Kier alpha value is -2.57. The molecule has 1 N–H and O–H groups in total. The lowest BCUT2D eigenvalue weighted by atomic mass is 10.1. The smallest absolute Gasteiger partial charge is 0.420 e. The van der Waals surface area contributed by atoms with E-state index in [1.165, 1.54) is 20.2 Å². The van der Waals surface area contributed by atoms with Crippen molar-refractivity contribution < 1.29 is 23.0 Å². The van der Waals surface area contributed by atoms with Gasteiger partial charge in [-0.25, -0.2) is 0 Å². The molecule has 2 nitrogen and oxygen atoms in total. The maximum Gasteiger partial charge on any atom is 0.420 e. The number of rotatable bonds is 4. The number of hydrogen-bond acceptors (Lipinski definition) is 2. The first-order valence-corrected chi connectivity index (χ1v) is 9.95. The minimum atomic E-state index is -4.75. The molecular weight excluding hydrogens is 385 g/mol. The van der Waals surface area contributed by atoms with Crippen LogP contribution in [0.5, 0.6) is 5.75 Å². The molecule has 1 unspecified atom stereocenters. The van der Waals surface area contributed by atoms with Crippen LogP contribution in [0.15, 0.2) is 72.8 Å². The molecule has 0 bridgehead atoms. The SMILES string of the molecule is CC(O)(COc1cccc(-[s+]2c3ccccc3c3ccccc32)c1)C(F)(F)F. The molecular formula is C22H18F3O2S+. The van der Waals surface area contributed by atoms with Crippen molar-refractivity contribution in [1.82, 2.24) is 0 Å². The maximum atomic E-state index is 12.9. The van der Waals surface area contributed by atoms with E-state index in [0.29, 0.717) is 12.7 Å². The average molecular weight is 403 g/mol. The van der Waals surface area contributed by atoms with Crippen LogP contribution < -0.4 is 4.74 Å². The third kappa shape index (κ3) is 3.23. The molecule has 0 fully saturated rings. The predicted molar refractivity (Wildman–Crippen MR) is 107 cm³/mol. The van der Waals surface area contributed by atoms with Gasteiger partial charge < -0.3 is 9.84 Å².